The number of aromatic hydroxyl groups is 1. The molecule has 5 rings (SSSR count). The number of benzene rings is 2. The number of pyridine rings is 2. The maximum absolute atomic E-state index is 13.3. The molecule has 3 heterocycles. The van der Waals surface area contributed by atoms with Crippen LogP contribution in [-0.4, -0.2) is 48.7 Å². The Hall–Kier alpha value is -4.66. The first kappa shape index (κ1) is 26.0. The van der Waals surface area contributed by atoms with Gasteiger partial charge in [0.25, 0.3) is 11.8 Å². The molecule has 8 nitrogen and oxygen atoms in total. The first-order chi connectivity index (χ1) is 18.9. The summed E-state index contributed by atoms with van der Waals surface area (Å²) in [6.45, 7) is 6.70. The van der Waals surface area contributed by atoms with Gasteiger partial charge in [0.2, 0.25) is 5.89 Å². The second-order valence-electron chi connectivity index (χ2n) is 9.53. The number of rotatable bonds is 8. The third-order valence-corrected chi connectivity index (χ3v) is 6.40. The number of amides is 1. The molecule has 0 aliphatic heterocycles. The first-order valence-corrected chi connectivity index (χ1v) is 12.8. The van der Waals surface area contributed by atoms with E-state index in [1.165, 1.54) is 12.1 Å². The molecule has 9 heteroatoms. The standard InChI is InChI=1S/C30H28FN5O3/c1-4-15-36(18(2)3)30(38)21-8-5-7-20(17-21)25-23-9-6-14-32-26(23)28(37)27(33-25)29-35-34-24(39-29)16-19-10-12-22(31)13-11-19/h5-14,17-18,37H,4,15-16H2,1-3H3. The van der Waals surface area contributed by atoms with Crippen molar-refractivity contribution in [3.05, 3.63) is 89.7 Å². The van der Waals surface area contributed by atoms with Crippen LogP contribution in [0.2, 0.25) is 0 Å². The van der Waals surface area contributed by atoms with Crippen LogP contribution in [0.5, 0.6) is 5.75 Å². The number of hydrogen-bond acceptors (Lipinski definition) is 7. The summed E-state index contributed by atoms with van der Waals surface area (Å²) >= 11 is 0. The first-order valence-electron chi connectivity index (χ1n) is 12.8. The highest BCUT2D eigenvalue weighted by Gasteiger charge is 2.23. The van der Waals surface area contributed by atoms with E-state index in [0.29, 0.717) is 40.7 Å². The van der Waals surface area contributed by atoms with E-state index in [-0.39, 0.29) is 41.0 Å². The molecule has 39 heavy (non-hydrogen) atoms. The van der Waals surface area contributed by atoms with Crippen molar-refractivity contribution in [2.75, 3.05) is 6.54 Å². The average molecular weight is 526 g/mol. The van der Waals surface area contributed by atoms with Gasteiger partial charge in [-0.3, -0.25) is 9.78 Å². The molecule has 0 fully saturated rings. The molecule has 0 radical (unpaired) electrons. The number of fused-ring (bicyclic) bond motifs is 1. The van der Waals surface area contributed by atoms with Crippen molar-refractivity contribution in [1.29, 1.82) is 0 Å². The highest BCUT2D eigenvalue weighted by molar-refractivity contribution is 6.00. The Morgan fingerprint density at radius 3 is 2.59 bits per heavy atom. The smallest absolute Gasteiger partial charge is 0.270 e. The van der Waals surface area contributed by atoms with E-state index in [2.05, 4.69) is 15.2 Å². The molecule has 5 aromatic rings. The molecule has 0 atom stereocenters. The molecule has 0 bridgehead atoms. The summed E-state index contributed by atoms with van der Waals surface area (Å²) in [6, 6.07) is 16.9. The van der Waals surface area contributed by atoms with Gasteiger partial charge < -0.3 is 14.4 Å². The molecular weight excluding hydrogens is 497 g/mol. The molecule has 0 spiro atoms. The van der Waals surface area contributed by atoms with E-state index >= 15 is 0 Å². The Morgan fingerprint density at radius 2 is 1.85 bits per heavy atom. The number of nitrogens with zero attached hydrogens (tertiary/aromatic N) is 5. The van der Waals surface area contributed by atoms with Gasteiger partial charge in [-0.25, -0.2) is 9.37 Å². The quantitative estimate of drug-likeness (QED) is 0.263. The lowest BCUT2D eigenvalue weighted by atomic mass is 10.0. The molecule has 1 amide bonds. The maximum Gasteiger partial charge on any atom is 0.270 e. The molecule has 0 aliphatic rings. The summed E-state index contributed by atoms with van der Waals surface area (Å²) in [5, 5.41) is 19.9. The van der Waals surface area contributed by atoms with Crippen LogP contribution < -0.4 is 0 Å². The Balaban J connectivity index is 1.57. The molecule has 0 saturated carbocycles. The topological polar surface area (TPSA) is 105 Å². The lowest BCUT2D eigenvalue weighted by molar-refractivity contribution is 0.0706. The molecule has 198 valence electrons. The Kier molecular flexibility index (Phi) is 7.31. The Bertz CT molecular complexity index is 1630. The van der Waals surface area contributed by atoms with E-state index in [1.54, 1.807) is 36.5 Å². The van der Waals surface area contributed by atoms with E-state index in [0.717, 1.165) is 12.0 Å². The highest BCUT2D eigenvalue weighted by Crippen LogP contribution is 2.38. The van der Waals surface area contributed by atoms with Crippen molar-refractivity contribution in [2.45, 2.75) is 39.7 Å². The molecule has 0 saturated heterocycles. The van der Waals surface area contributed by atoms with Crippen molar-refractivity contribution < 1.29 is 18.7 Å². The number of carbonyl (C=O) groups is 1. The fourth-order valence-corrected chi connectivity index (χ4v) is 4.49. The minimum atomic E-state index is -0.330. The summed E-state index contributed by atoms with van der Waals surface area (Å²) in [7, 11) is 0. The third-order valence-electron chi connectivity index (χ3n) is 6.40. The summed E-state index contributed by atoms with van der Waals surface area (Å²) in [5.74, 6) is -0.259. The van der Waals surface area contributed by atoms with Gasteiger partial charge >= 0.3 is 0 Å². The summed E-state index contributed by atoms with van der Waals surface area (Å²) in [6.07, 6.45) is 2.73. The summed E-state index contributed by atoms with van der Waals surface area (Å²) < 4.78 is 19.1. The number of hydrogen-bond donors (Lipinski definition) is 1. The van der Waals surface area contributed by atoms with Crippen LogP contribution in [-0.2, 0) is 6.42 Å². The Morgan fingerprint density at radius 1 is 1.05 bits per heavy atom. The lowest BCUT2D eigenvalue weighted by Crippen LogP contribution is -2.37. The molecule has 0 aliphatic carbocycles. The van der Waals surface area contributed by atoms with E-state index in [4.69, 9.17) is 9.40 Å². The Labute approximate surface area is 225 Å². The van der Waals surface area contributed by atoms with Crippen LogP contribution in [0, 0.1) is 5.82 Å². The van der Waals surface area contributed by atoms with E-state index < -0.39 is 0 Å². The SMILES string of the molecule is CCCN(C(=O)c1cccc(-c2nc(-c3nnc(Cc4ccc(F)cc4)o3)c(O)c3ncccc23)c1)C(C)C. The van der Waals surface area contributed by atoms with Gasteiger partial charge in [0.15, 0.2) is 11.4 Å². The van der Waals surface area contributed by atoms with Crippen LogP contribution in [0.3, 0.4) is 0 Å². The van der Waals surface area contributed by atoms with Gasteiger partial charge in [0.1, 0.15) is 11.3 Å². The zero-order chi connectivity index (χ0) is 27.5. The summed E-state index contributed by atoms with van der Waals surface area (Å²) in [4.78, 5) is 24.3. The maximum atomic E-state index is 13.3. The monoisotopic (exact) mass is 525 g/mol. The second-order valence-corrected chi connectivity index (χ2v) is 9.53. The highest BCUT2D eigenvalue weighted by atomic mass is 19.1. The van der Waals surface area contributed by atoms with Gasteiger partial charge in [-0.15, -0.1) is 10.2 Å². The van der Waals surface area contributed by atoms with Gasteiger partial charge in [-0.2, -0.15) is 0 Å². The molecular formula is C30H28FN5O3. The largest absolute Gasteiger partial charge is 0.504 e. The van der Waals surface area contributed by atoms with Crippen molar-refractivity contribution in [1.82, 2.24) is 25.1 Å². The minimum Gasteiger partial charge on any atom is -0.504 e. The predicted molar refractivity (Wildman–Crippen MR) is 146 cm³/mol. The van der Waals surface area contributed by atoms with Crippen molar-refractivity contribution in [2.24, 2.45) is 0 Å². The van der Waals surface area contributed by atoms with Crippen LogP contribution >= 0.6 is 0 Å². The van der Waals surface area contributed by atoms with Crippen LogP contribution in [0.15, 0.2) is 71.3 Å². The van der Waals surface area contributed by atoms with Crippen LogP contribution in [0.4, 0.5) is 4.39 Å². The third kappa shape index (κ3) is 5.34. The van der Waals surface area contributed by atoms with Crippen molar-refractivity contribution in [3.63, 3.8) is 0 Å². The van der Waals surface area contributed by atoms with Gasteiger partial charge in [0, 0.05) is 35.3 Å². The number of aromatic nitrogens is 4. The predicted octanol–water partition coefficient (Wildman–Crippen LogP) is 6.04. The van der Waals surface area contributed by atoms with E-state index in [9.17, 15) is 14.3 Å². The van der Waals surface area contributed by atoms with Crippen LogP contribution in [0.25, 0.3) is 33.7 Å². The van der Waals surface area contributed by atoms with Gasteiger partial charge in [-0.1, -0.05) is 31.2 Å². The molecule has 2 aromatic carbocycles. The second kappa shape index (κ2) is 11.0. The lowest BCUT2D eigenvalue weighted by Gasteiger charge is -2.26. The van der Waals surface area contributed by atoms with Crippen molar-refractivity contribution in [3.8, 4) is 28.6 Å². The van der Waals surface area contributed by atoms with Crippen LogP contribution in [0.1, 0.15) is 49.0 Å². The van der Waals surface area contributed by atoms with Crippen molar-refractivity contribution >= 4 is 16.8 Å². The number of carbonyl (C=O) groups excluding carboxylic acids is 1. The van der Waals surface area contributed by atoms with Gasteiger partial charge in [0.05, 0.1) is 12.1 Å². The average Bonchev–Trinajstić information content (AvgIpc) is 3.41. The van der Waals surface area contributed by atoms with E-state index in [1.807, 2.05) is 43.9 Å². The fraction of sp³-hybridized carbons (Fsp3) is 0.233. The fourth-order valence-electron chi connectivity index (χ4n) is 4.49. The van der Waals surface area contributed by atoms with Gasteiger partial charge in [-0.05, 0) is 62.2 Å². The number of halogens is 1. The zero-order valence-electron chi connectivity index (χ0n) is 21.9. The molecule has 0 unspecified atom stereocenters. The summed E-state index contributed by atoms with van der Waals surface area (Å²) in [5.41, 5.74) is 2.95. The molecule has 3 aromatic heterocycles. The normalized spacial score (nSPS) is 11.3. The molecule has 1 N–H and O–H groups in total. The minimum absolute atomic E-state index is 0.0274. The zero-order valence-corrected chi connectivity index (χ0v) is 21.9.